The van der Waals surface area contributed by atoms with E-state index in [9.17, 15) is 4.79 Å². The van der Waals surface area contributed by atoms with E-state index in [2.05, 4.69) is 44.3 Å². The third-order valence-electron chi connectivity index (χ3n) is 5.14. The zero-order valence-electron chi connectivity index (χ0n) is 15.5. The van der Waals surface area contributed by atoms with Gasteiger partial charge >= 0.3 is 6.09 Å². The highest BCUT2D eigenvalue weighted by Gasteiger charge is 2.29. The zero-order chi connectivity index (χ0) is 18.0. The van der Waals surface area contributed by atoms with Crippen molar-refractivity contribution >= 4 is 22.0 Å². The molecule has 138 valence electrons. The number of carbonyl (C=O) groups is 1. The van der Waals surface area contributed by atoms with E-state index < -0.39 is 5.60 Å². The Morgan fingerprint density at radius 1 is 1.20 bits per heavy atom. The molecular formula is C20H29BrN2O2. The van der Waals surface area contributed by atoms with Crippen LogP contribution in [0.1, 0.15) is 57.6 Å². The van der Waals surface area contributed by atoms with Gasteiger partial charge in [-0.25, -0.2) is 4.79 Å². The SMILES string of the molecule is CC(C)(C)OC(=O)NC1CCC(N2CCc3cc(Br)ccc3C2)CC1. The minimum absolute atomic E-state index is 0.249. The second kappa shape index (κ2) is 7.67. The number of amides is 1. The van der Waals surface area contributed by atoms with Crippen molar-refractivity contribution < 1.29 is 9.53 Å². The molecule has 1 aliphatic heterocycles. The first-order chi connectivity index (χ1) is 11.8. The van der Waals surface area contributed by atoms with Gasteiger partial charge in [0.2, 0.25) is 0 Å². The van der Waals surface area contributed by atoms with Gasteiger partial charge in [-0.1, -0.05) is 22.0 Å². The highest BCUT2D eigenvalue weighted by Crippen LogP contribution is 2.29. The average molecular weight is 409 g/mol. The van der Waals surface area contributed by atoms with Gasteiger partial charge in [0, 0.05) is 29.6 Å². The van der Waals surface area contributed by atoms with E-state index in [1.807, 2.05) is 20.8 Å². The van der Waals surface area contributed by atoms with E-state index in [-0.39, 0.29) is 12.1 Å². The van der Waals surface area contributed by atoms with Gasteiger partial charge in [0.1, 0.15) is 5.60 Å². The lowest BCUT2D eigenvalue weighted by Gasteiger charge is -2.39. The van der Waals surface area contributed by atoms with Crippen LogP contribution in [0.5, 0.6) is 0 Å². The summed E-state index contributed by atoms with van der Waals surface area (Å²) in [4.78, 5) is 14.6. The number of halogens is 1. The molecule has 1 aliphatic carbocycles. The van der Waals surface area contributed by atoms with Gasteiger partial charge in [0.25, 0.3) is 0 Å². The lowest BCUT2D eigenvalue weighted by molar-refractivity contribution is 0.0473. The molecule has 0 aromatic heterocycles. The summed E-state index contributed by atoms with van der Waals surface area (Å²) >= 11 is 3.57. The fourth-order valence-corrected chi connectivity index (χ4v) is 4.32. The monoisotopic (exact) mass is 408 g/mol. The Hall–Kier alpha value is -1.07. The highest BCUT2D eigenvalue weighted by atomic mass is 79.9. The summed E-state index contributed by atoms with van der Waals surface area (Å²) in [5.41, 5.74) is 2.51. The molecule has 2 aliphatic rings. The van der Waals surface area contributed by atoms with Crippen molar-refractivity contribution in [3.63, 3.8) is 0 Å². The van der Waals surface area contributed by atoms with E-state index >= 15 is 0 Å². The van der Waals surface area contributed by atoms with Crippen LogP contribution in [0.15, 0.2) is 22.7 Å². The maximum absolute atomic E-state index is 11.9. The number of ether oxygens (including phenoxy) is 1. The van der Waals surface area contributed by atoms with Crippen LogP contribution < -0.4 is 5.32 Å². The van der Waals surface area contributed by atoms with Crippen molar-refractivity contribution in [2.24, 2.45) is 0 Å². The first-order valence-electron chi connectivity index (χ1n) is 9.31. The number of hydrogen-bond donors (Lipinski definition) is 1. The maximum Gasteiger partial charge on any atom is 0.407 e. The largest absolute Gasteiger partial charge is 0.444 e. The number of rotatable bonds is 2. The third kappa shape index (κ3) is 5.20. The minimum Gasteiger partial charge on any atom is -0.444 e. The van der Waals surface area contributed by atoms with Gasteiger partial charge in [-0.2, -0.15) is 0 Å². The molecule has 1 aromatic carbocycles. The van der Waals surface area contributed by atoms with E-state index in [0.29, 0.717) is 6.04 Å². The highest BCUT2D eigenvalue weighted by molar-refractivity contribution is 9.10. The smallest absolute Gasteiger partial charge is 0.407 e. The molecule has 0 radical (unpaired) electrons. The summed E-state index contributed by atoms with van der Waals surface area (Å²) in [6.07, 6.45) is 5.21. The summed E-state index contributed by atoms with van der Waals surface area (Å²) in [6, 6.07) is 7.53. The summed E-state index contributed by atoms with van der Waals surface area (Å²) in [5.74, 6) is 0. The number of alkyl carbamates (subject to hydrolysis) is 1. The Labute approximate surface area is 159 Å². The summed E-state index contributed by atoms with van der Waals surface area (Å²) < 4.78 is 6.54. The molecule has 0 unspecified atom stereocenters. The predicted octanol–water partition coefficient (Wildman–Crippen LogP) is 4.64. The molecule has 1 aromatic rings. The molecule has 1 saturated carbocycles. The molecule has 0 spiro atoms. The van der Waals surface area contributed by atoms with E-state index in [0.717, 1.165) is 45.2 Å². The van der Waals surface area contributed by atoms with Gasteiger partial charge in [-0.05, 0) is 76.1 Å². The fraction of sp³-hybridized carbons (Fsp3) is 0.650. The molecule has 1 N–H and O–H groups in total. The molecular weight excluding hydrogens is 380 g/mol. The van der Waals surface area contributed by atoms with E-state index in [1.54, 1.807) is 0 Å². The number of benzene rings is 1. The second-order valence-electron chi connectivity index (χ2n) is 8.29. The predicted molar refractivity (Wildman–Crippen MR) is 104 cm³/mol. The van der Waals surface area contributed by atoms with Crippen LogP contribution in [0.2, 0.25) is 0 Å². The average Bonchev–Trinajstić information content (AvgIpc) is 2.53. The van der Waals surface area contributed by atoms with Crippen LogP contribution >= 0.6 is 15.9 Å². The Morgan fingerprint density at radius 2 is 1.92 bits per heavy atom. The van der Waals surface area contributed by atoms with E-state index in [1.165, 1.54) is 15.6 Å². The molecule has 0 bridgehead atoms. The lowest BCUT2D eigenvalue weighted by Crippen LogP contribution is -2.46. The number of nitrogens with zero attached hydrogens (tertiary/aromatic N) is 1. The number of fused-ring (bicyclic) bond motifs is 1. The summed E-state index contributed by atoms with van der Waals surface area (Å²) in [7, 11) is 0. The summed E-state index contributed by atoms with van der Waals surface area (Å²) in [6.45, 7) is 7.89. The number of hydrogen-bond acceptors (Lipinski definition) is 3. The van der Waals surface area contributed by atoms with Crippen molar-refractivity contribution in [2.45, 2.75) is 77.1 Å². The van der Waals surface area contributed by atoms with Gasteiger partial charge in [0.15, 0.2) is 0 Å². The number of nitrogens with one attached hydrogen (secondary N) is 1. The fourth-order valence-electron chi connectivity index (χ4n) is 3.91. The lowest BCUT2D eigenvalue weighted by atomic mass is 9.88. The number of carbonyl (C=O) groups excluding carboxylic acids is 1. The van der Waals surface area contributed by atoms with Gasteiger partial charge in [-0.15, -0.1) is 0 Å². The zero-order valence-corrected chi connectivity index (χ0v) is 17.1. The Balaban J connectivity index is 1.48. The van der Waals surface area contributed by atoms with Crippen LogP contribution in [0.4, 0.5) is 4.79 Å². The Bertz CT molecular complexity index is 619. The molecule has 0 saturated heterocycles. The third-order valence-corrected chi connectivity index (χ3v) is 5.64. The Kier molecular flexibility index (Phi) is 5.74. The molecule has 3 rings (SSSR count). The second-order valence-corrected chi connectivity index (χ2v) is 9.20. The standard InChI is InChI=1S/C20H29BrN2O2/c1-20(2,3)25-19(24)22-17-6-8-18(9-7-17)23-11-10-14-12-16(21)5-4-15(14)13-23/h4-5,12,17-18H,6-11,13H2,1-3H3,(H,22,24). The topological polar surface area (TPSA) is 41.6 Å². The van der Waals surface area contributed by atoms with Crippen molar-refractivity contribution in [1.29, 1.82) is 0 Å². The molecule has 1 amide bonds. The van der Waals surface area contributed by atoms with Crippen molar-refractivity contribution in [3.8, 4) is 0 Å². The molecule has 1 fully saturated rings. The Morgan fingerprint density at radius 3 is 2.60 bits per heavy atom. The van der Waals surface area contributed by atoms with Crippen LogP contribution in [0.25, 0.3) is 0 Å². The van der Waals surface area contributed by atoms with Crippen molar-refractivity contribution in [1.82, 2.24) is 10.2 Å². The molecule has 1 heterocycles. The maximum atomic E-state index is 11.9. The molecule has 5 heteroatoms. The minimum atomic E-state index is -0.433. The normalized spacial score (nSPS) is 24.5. The molecule has 25 heavy (non-hydrogen) atoms. The first kappa shape index (κ1) is 18.7. The van der Waals surface area contributed by atoms with Gasteiger partial charge in [-0.3, -0.25) is 4.90 Å². The first-order valence-corrected chi connectivity index (χ1v) is 10.1. The quantitative estimate of drug-likeness (QED) is 0.774. The van der Waals surface area contributed by atoms with Crippen LogP contribution in [-0.4, -0.2) is 35.2 Å². The molecule has 0 atom stereocenters. The van der Waals surface area contributed by atoms with Crippen LogP contribution in [0.3, 0.4) is 0 Å². The van der Waals surface area contributed by atoms with Crippen LogP contribution in [-0.2, 0) is 17.7 Å². The van der Waals surface area contributed by atoms with E-state index in [4.69, 9.17) is 4.74 Å². The van der Waals surface area contributed by atoms with Gasteiger partial charge in [0.05, 0.1) is 0 Å². The summed E-state index contributed by atoms with van der Waals surface area (Å²) in [5, 5.41) is 3.04. The van der Waals surface area contributed by atoms with Crippen molar-refractivity contribution in [2.75, 3.05) is 6.54 Å². The van der Waals surface area contributed by atoms with Crippen LogP contribution in [0, 0.1) is 0 Å². The van der Waals surface area contributed by atoms with Crippen molar-refractivity contribution in [3.05, 3.63) is 33.8 Å². The van der Waals surface area contributed by atoms with Gasteiger partial charge < -0.3 is 10.1 Å². The molecule has 4 nitrogen and oxygen atoms in total.